The number of carbonyl (C=O) groups is 2. The van der Waals surface area contributed by atoms with Crippen LogP contribution in [0.5, 0.6) is 0 Å². The fourth-order valence-corrected chi connectivity index (χ4v) is 3.79. The lowest BCUT2D eigenvalue weighted by Gasteiger charge is -2.24. The van der Waals surface area contributed by atoms with E-state index in [2.05, 4.69) is 10.3 Å². The monoisotopic (exact) mass is 423 g/mol. The van der Waals surface area contributed by atoms with Gasteiger partial charge in [0, 0.05) is 24.3 Å². The van der Waals surface area contributed by atoms with Gasteiger partial charge in [-0.05, 0) is 47.5 Å². The number of rotatable bonds is 6. The topological polar surface area (TPSA) is 62.3 Å². The zero-order chi connectivity index (χ0) is 21.1. The normalized spacial score (nSPS) is 15.2. The Balaban J connectivity index is 1.51. The summed E-state index contributed by atoms with van der Waals surface area (Å²) in [5, 5.41) is 3.48. The first kappa shape index (κ1) is 20.0. The maximum Gasteiger partial charge on any atom is 0.256 e. The van der Waals surface area contributed by atoms with Gasteiger partial charge in [0.2, 0.25) is 5.91 Å². The number of halogens is 2. The highest BCUT2D eigenvalue weighted by Gasteiger charge is 2.38. The second-order valence-corrected chi connectivity index (χ2v) is 7.56. The quantitative estimate of drug-likeness (QED) is 0.643. The van der Waals surface area contributed by atoms with Gasteiger partial charge >= 0.3 is 0 Å². The molecule has 152 valence electrons. The standard InChI is InChI=1S/C23H19ClFN3O2/c24-17-4-1-3-16(11-17)13-27-21(29)12-20-22-19(5-2-10-26-22)23(30)28(20)14-15-6-8-18(25)9-7-15/h1-11,20H,12-14H2,(H,27,29). The minimum atomic E-state index is -0.488. The van der Waals surface area contributed by atoms with Crippen LogP contribution >= 0.6 is 11.6 Å². The van der Waals surface area contributed by atoms with Crippen molar-refractivity contribution in [2.45, 2.75) is 25.6 Å². The van der Waals surface area contributed by atoms with E-state index in [0.29, 0.717) is 22.8 Å². The Morgan fingerprint density at radius 3 is 2.67 bits per heavy atom. The van der Waals surface area contributed by atoms with Crippen molar-refractivity contribution in [1.82, 2.24) is 15.2 Å². The van der Waals surface area contributed by atoms with Gasteiger partial charge in [0.05, 0.1) is 23.7 Å². The van der Waals surface area contributed by atoms with Crippen LogP contribution < -0.4 is 5.32 Å². The molecule has 0 bridgehead atoms. The van der Waals surface area contributed by atoms with Crippen LogP contribution in [0.3, 0.4) is 0 Å². The molecule has 1 N–H and O–H groups in total. The number of nitrogens with zero attached hydrogens (tertiary/aromatic N) is 2. The first-order chi connectivity index (χ1) is 14.5. The van der Waals surface area contributed by atoms with E-state index >= 15 is 0 Å². The van der Waals surface area contributed by atoms with Crippen LogP contribution in [0.1, 0.15) is 39.6 Å². The molecule has 2 heterocycles. The van der Waals surface area contributed by atoms with E-state index in [-0.39, 0.29) is 30.6 Å². The van der Waals surface area contributed by atoms with Gasteiger partial charge in [-0.2, -0.15) is 0 Å². The fraction of sp³-hybridized carbons (Fsp3) is 0.174. The lowest BCUT2D eigenvalue weighted by molar-refractivity contribution is -0.122. The van der Waals surface area contributed by atoms with Crippen molar-refractivity contribution in [3.8, 4) is 0 Å². The zero-order valence-electron chi connectivity index (χ0n) is 16.0. The summed E-state index contributed by atoms with van der Waals surface area (Å²) >= 11 is 5.99. The summed E-state index contributed by atoms with van der Waals surface area (Å²) in [5.74, 6) is -0.723. The van der Waals surface area contributed by atoms with Gasteiger partial charge < -0.3 is 10.2 Å². The molecule has 0 saturated carbocycles. The third kappa shape index (κ3) is 4.33. The van der Waals surface area contributed by atoms with Crippen molar-refractivity contribution < 1.29 is 14.0 Å². The Morgan fingerprint density at radius 1 is 1.10 bits per heavy atom. The largest absolute Gasteiger partial charge is 0.352 e. The molecule has 5 nitrogen and oxygen atoms in total. The van der Waals surface area contributed by atoms with Crippen molar-refractivity contribution in [2.75, 3.05) is 0 Å². The predicted octanol–water partition coefficient (Wildman–Crippen LogP) is 4.28. The third-order valence-corrected chi connectivity index (χ3v) is 5.28. The molecular weight excluding hydrogens is 405 g/mol. The molecule has 0 radical (unpaired) electrons. The second kappa shape index (κ2) is 8.63. The van der Waals surface area contributed by atoms with Crippen molar-refractivity contribution in [2.24, 2.45) is 0 Å². The van der Waals surface area contributed by atoms with Crippen LogP contribution in [0.4, 0.5) is 4.39 Å². The summed E-state index contributed by atoms with van der Waals surface area (Å²) in [4.78, 5) is 31.6. The lowest BCUT2D eigenvalue weighted by atomic mass is 10.1. The number of hydrogen-bond acceptors (Lipinski definition) is 3. The van der Waals surface area contributed by atoms with Crippen molar-refractivity contribution in [3.05, 3.63) is 100 Å². The number of fused-ring (bicyclic) bond motifs is 1. The van der Waals surface area contributed by atoms with Crippen LogP contribution in [-0.4, -0.2) is 21.7 Å². The number of nitrogens with one attached hydrogen (secondary N) is 1. The van der Waals surface area contributed by atoms with Crippen LogP contribution in [0.2, 0.25) is 5.02 Å². The van der Waals surface area contributed by atoms with Gasteiger partial charge in [0.25, 0.3) is 5.91 Å². The molecule has 1 aliphatic rings. The molecule has 0 saturated heterocycles. The van der Waals surface area contributed by atoms with Gasteiger partial charge in [0.15, 0.2) is 0 Å². The minimum Gasteiger partial charge on any atom is -0.352 e. The first-order valence-electron chi connectivity index (χ1n) is 9.53. The van der Waals surface area contributed by atoms with Gasteiger partial charge in [-0.3, -0.25) is 14.6 Å². The highest BCUT2D eigenvalue weighted by Crippen LogP contribution is 2.35. The number of pyridine rings is 1. The molecule has 2 aromatic carbocycles. The Hall–Kier alpha value is -3.25. The molecule has 0 fully saturated rings. The Kier molecular flexibility index (Phi) is 5.77. The highest BCUT2D eigenvalue weighted by atomic mass is 35.5. The Labute approximate surface area is 178 Å². The van der Waals surface area contributed by atoms with Gasteiger partial charge in [-0.15, -0.1) is 0 Å². The molecule has 3 aromatic rings. The molecule has 1 aromatic heterocycles. The van der Waals surface area contributed by atoms with E-state index in [1.807, 2.05) is 12.1 Å². The maximum atomic E-state index is 13.2. The summed E-state index contributed by atoms with van der Waals surface area (Å²) in [6, 6.07) is 16.2. The molecule has 1 atom stereocenters. The van der Waals surface area contributed by atoms with Crippen LogP contribution in [-0.2, 0) is 17.9 Å². The molecule has 1 aliphatic heterocycles. The van der Waals surface area contributed by atoms with Gasteiger partial charge in [-0.25, -0.2) is 4.39 Å². The van der Waals surface area contributed by atoms with Crippen LogP contribution in [0.15, 0.2) is 66.9 Å². The Morgan fingerprint density at radius 2 is 1.90 bits per heavy atom. The second-order valence-electron chi connectivity index (χ2n) is 7.12. The van der Waals surface area contributed by atoms with E-state index in [1.54, 1.807) is 47.5 Å². The number of aromatic nitrogens is 1. The first-order valence-corrected chi connectivity index (χ1v) is 9.90. The van der Waals surface area contributed by atoms with Gasteiger partial charge in [0.1, 0.15) is 5.82 Å². The number of amides is 2. The minimum absolute atomic E-state index is 0.0809. The summed E-state index contributed by atoms with van der Waals surface area (Å²) in [5.41, 5.74) is 2.75. The Bertz CT molecular complexity index is 1090. The molecule has 2 amide bonds. The van der Waals surface area contributed by atoms with Crippen molar-refractivity contribution in [3.63, 3.8) is 0 Å². The van der Waals surface area contributed by atoms with E-state index in [1.165, 1.54) is 12.1 Å². The number of benzene rings is 2. The van der Waals surface area contributed by atoms with E-state index in [9.17, 15) is 14.0 Å². The lowest BCUT2D eigenvalue weighted by Crippen LogP contribution is -2.32. The van der Waals surface area contributed by atoms with E-state index in [0.717, 1.165) is 11.1 Å². The SMILES string of the molecule is O=C(CC1c2ncccc2C(=O)N1Cc1ccc(F)cc1)NCc1cccc(Cl)c1. The van der Waals surface area contributed by atoms with E-state index in [4.69, 9.17) is 11.6 Å². The summed E-state index contributed by atoms with van der Waals surface area (Å²) in [7, 11) is 0. The number of carbonyl (C=O) groups excluding carboxylic acids is 2. The smallest absolute Gasteiger partial charge is 0.256 e. The van der Waals surface area contributed by atoms with Gasteiger partial charge in [-0.1, -0.05) is 35.9 Å². The number of hydrogen-bond donors (Lipinski definition) is 1. The predicted molar refractivity (Wildman–Crippen MR) is 111 cm³/mol. The summed E-state index contributed by atoms with van der Waals surface area (Å²) < 4.78 is 13.2. The molecular formula is C23H19ClFN3O2. The van der Waals surface area contributed by atoms with Crippen molar-refractivity contribution >= 4 is 23.4 Å². The molecule has 4 rings (SSSR count). The van der Waals surface area contributed by atoms with Crippen LogP contribution in [0.25, 0.3) is 0 Å². The van der Waals surface area contributed by atoms with E-state index < -0.39 is 6.04 Å². The molecule has 0 aliphatic carbocycles. The average Bonchev–Trinajstić information content (AvgIpc) is 3.00. The zero-order valence-corrected chi connectivity index (χ0v) is 16.8. The fourth-order valence-electron chi connectivity index (χ4n) is 3.58. The summed E-state index contributed by atoms with van der Waals surface area (Å²) in [6.07, 6.45) is 1.70. The molecule has 1 unspecified atom stereocenters. The van der Waals surface area contributed by atoms with Crippen LogP contribution in [0, 0.1) is 5.82 Å². The molecule has 0 spiro atoms. The summed E-state index contributed by atoms with van der Waals surface area (Å²) in [6.45, 7) is 0.606. The molecule has 7 heteroatoms. The highest BCUT2D eigenvalue weighted by molar-refractivity contribution is 6.30. The molecule has 30 heavy (non-hydrogen) atoms. The van der Waals surface area contributed by atoms with Crippen molar-refractivity contribution in [1.29, 1.82) is 0 Å². The maximum absolute atomic E-state index is 13.2. The third-order valence-electron chi connectivity index (χ3n) is 5.05. The average molecular weight is 424 g/mol.